The van der Waals surface area contributed by atoms with E-state index in [1.165, 1.54) is 6.42 Å². The van der Waals surface area contributed by atoms with E-state index in [1.807, 2.05) is 35.3 Å². The second-order valence-corrected chi connectivity index (χ2v) is 5.88. The predicted octanol–water partition coefficient (Wildman–Crippen LogP) is 2.21. The van der Waals surface area contributed by atoms with Gasteiger partial charge in [0.15, 0.2) is 17.6 Å². The maximum absolute atomic E-state index is 12.3. The Labute approximate surface area is 129 Å². The number of carbonyl (C=O) groups is 1. The van der Waals surface area contributed by atoms with Crippen LogP contribution >= 0.6 is 0 Å². The molecule has 3 heterocycles. The summed E-state index contributed by atoms with van der Waals surface area (Å²) in [5.74, 6) is 1.68. The Hall–Kier alpha value is -2.01. The zero-order chi connectivity index (χ0) is 14.9. The van der Waals surface area contributed by atoms with Gasteiger partial charge in [0.25, 0.3) is 5.91 Å². The first-order chi connectivity index (χ1) is 10.8. The summed E-state index contributed by atoms with van der Waals surface area (Å²) >= 11 is 0. The molecule has 22 heavy (non-hydrogen) atoms. The monoisotopic (exact) mass is 301 g/mol. The minimum Gasteiger partial charge on any atom is -0.454 e. The van der Waals surface area contributed by atoms with Gasteiger partial charge in [0.05, 0.1) is 0 Å². The molecule has 0 N–H and O–H groups in total. The Balaban J connectivity index is 1.35. The molecule has 1 aromatic rings. The van der Waals surface area contributed by atoms with E-state index in [4.69, 9.17) is 14.2 Å². The molecule has 0 unspecified atom stereocenters. The molecule has 3 aliphatic heterocycles. The van der Waals surface area contributed by atoms with Crippen LogP contribution < -0.4 is 9.47 Å². The van der Waals surface area contributed by atoms with Gasteiger partial charge in [0, 0.05) is 13.1 Å². The highest BCUT2D eigenvalue weighted by molar-refractivity contribution is 5.84. The lowest BCUT2D eigenvalue weighted by molar-refractivity contribution is -0.133. The van der Waals surface area contributed by atoms with Crippen molar-refractivity contribution in [3.8, 4) is 11.5 Å². The van der Waals surface area contributed by atoms with Gasteiger partial charge in [0.1, 0.15) is 6.10 Å². The van der Waals surface area contributed by atoms with Gasteiger partial charge in [-0.3, -0.25) is 4.79 Å². The number of ether oxygens (including phenoxy) is 3. The third-order valence-corrected chi connectivity index (χ3v) is 4.31. The van der Waals surface area contributed by atoms with Crippen LogP contribution in [0.1, 0.15) is 24.8 Å². The number of epoxide rings is 1. The molecule has 0 spiro atoms. The fourth-order valence-corrected chi connectivity index (χ4v) is 2.99. The fraction of sp³-hybridized carbons (Fsp3) is 0.471. The summed E-state index contributed by atoms with van der Waals surface area (Å²) in [5, 5.41) is 0. The van der Waals surface area contributed by atoms with Gasteiger partial charge in [0.2, 0.25) is 6.79 Å². The van der Waals surface area contributed by atoms with Crippen LogP contribution in [0.4, 0.5) is 0 Å². The number of fused-ring (bicyclic) bond motifs is 1. The highest BCUT2D eigenvalue weighted by Crippen LogP contribution is 2.33. The van der Waals surface area contributed by atoms with Crippen LogP contribution in [0.5, 0.6) is 11.5 Å². The standard InChI is InChI=1S/C17H19NO4/c19-17(18-8-2-1-3-9-18)16-14(22-16)7-5-12-4-6-13-15(10-12)21-11-20-13/h4-7,10,14,16H,1-3,8-9,11H2/b7-5+/t14-,16+/m0/s1. The van der Waals surface area contributed by atoms with E-state index in [9.17, 15) is 4.79 Å². The third kappa shape index (κ3) is 2.68. The molecule has 3 aliphatic rings. The van der Waals surface area contributed by atoms with Crippen molar-refractivity contribution in [2.45, 2.75) is 31.5 Å². The number of carbonyl (C=O) groups excluding carboxylic acids is 1. The minimum atomic E-state index is -0.289. The number of piperidine rings is 1. The van der Waals surface area contributed by atoms with E-state index in [-0.39, 0.29) is 24.9 Å². The van der Waals surface area contributed by atoms with Crippen LogP contribution in [0, 0.1) is 0 Å². The van der Waals surface area contributed by atoms with Crippen LogP contribution in [-0.2, 0) is 9.53 Å². The molecule has 0 aromatic heterocycles. The van der Waals surface area contributed by atoms with Crippen molar-refractivity contribution in [3.63, 3.8) is 0 Å². The summed E-state index contributed by atoms with van der Waals surface area (Å²) in [7, 11) is 0. The second kappa shape index (κ2) is 5.65. The number of benzene rings is 1. The minimum absolute atomic E-state index is 0.0974. The number of hydrogen-bond acceptors (Lipinski definition) is 4. The zero-order valence-corrected chi connectivity index (χ0v) is 12.4. The third-order valence-electron chi connectivity index (χ3n) is 4.31. The first kappa shape index (κ1) is 13.6. The number of likely N-dealkylation sites (tertiary alicyclic amines) is 1. The molecule has 2 atom stereocenters. The molecule has 2 saturated heterocycles. The Kier molecular flexibility index (Phi) is 3.50. The average Bonchev–Trinajstić information content (AvgIpc) is 3.20. The smallest absolute Gasteiger partial charge is 0.254 e. The lowest BCUT2D eigenvalue weighted by Gasteiger charge is -2.25. The van der Waals surface area contributed by atoms with E-state index >= 15 is 0 Å². The molecule has 2 fully saturated rings. The van der Waals surface area contributed by atoms with Crippen molar-refractivity contribution in [1.82, 2.24) is 4.90 Å². The number of hydrogen-bond donors (Lipinski definition) is 0. The summed E-state index contributed by atoms with van der Waals surface area (Å²) in [4.78, 5) is 14.2. The fourth-order valence-electron chi connectivity index (χ4n) is 2.99. The maximum atomic E-state index is 12.3. The SMILES string of the molecule is O=C([C@@H]1O[C@H]1/C=C/c1ccc2c(c1)OCO2)N1CCCCC1. The molecule has 1 aromatic carbocycles. The zero-order valence-electron chi connectivity index (χ0n) is 12.4. The number of nitrogens with zero attached hydrogens (tertiary/aromatic N) is 1. The van der Waals surface area contributed by atoms with Gasteiger partial charge >= 0.3 is 0 Å². The Bertz CT molecular complexity index is 607. The molecule has 0 aliphatic carbocycles. The summed E-state index contributed by atoms with van der Waals surface area (Å²) in [5.41, 5.74) is 1.02. The highest BCUT2D eigenvalue weighted by atomic mass is 16.7. The summed E-state index contributed by atoms with van der Waals surface area (Å²) in [6, 6.07) is 5.79. The van der Waals surface area contributed by atoms with Crippen LogP contribution in [0.25, 0.3) is 6.08 Å². The predicted molar refractivity (Wildman–Crippen MR) is 80.7 cm³/mol. The van der Waals surface area contributed by atoms with Crippen molar-refractivity contribution in [2.75, 3.05) is 19.9 Å². The average molecular weight is 301 g/mol. The van der Waals surface area contributed by atoms with Crippen molar-refractivity contribution >= 4 is 12.0 Å². The molecule has 4 rings (SSSR count). The van der Waals surface area contributed by atoms with Crippen molar-refractivity contribution < 1.29 is 19.0 Å². The van der Waals surface area contributed by atoms with E-state index in [1.54, 1.807) is 0 Å². The molecule has 5 heteroatoms. The van der Waals surface area contributed by atoms with Crippen LogP contribution in [0.3, 0.4) is 0 Å². The summed E-state index contributed by atoms with van der Waals surface area (Å²) < 4.78 is 16.2. The van der Waals surface area contributed by atoms with Gasteiger partial charge in [-0.05, 0) is 37.0 Å². The van der Waals surface area contributed by atoms with Crippen molar-refractivity contribution in [2.24, 2.45) is 0 Å². The van der Waals surface area contributed by atoms with Gasteiger partial charge in [-0.2, -0.15) is 0 Å². The summed E-state index contributed by atoms with van der Waals surface area (Å²) in [6.45, 7) is 2.02. The number of rotatable bonds is 3. The molecule has 0 radical (unpaired) electrons. The van der Waals surface area contributed by atoms with E-state index in [2.05, 4.69) is 0 Å². The molecular formula is C17H19NO4. The quantitative estimate of drug-likeness (QED) is 0.803. The normalized spacial score (nSPS) is 26.5. The van der Waals surface area contributed by atoms with Gasteiger partial charge in [-0.25, -0.2) is 0 Å². The van der Waals surface area contributed by atoms with Gasteiger partial charge in [-0.15, -0.1) is 0 Å². The lowest BCUT2D eigenvalue weighted by atomic mass is 10.1. The molecular weight excluding hydrogens is 282 g/mol. The Morgan fingerprint density at radius 2 is 1.95 bits per heavy atom. The topological polar surface area (TPSA) is 51.3 Å². The maximum Gasteiger partial charge on any atom is 0.254 e. The molecule has 116 valence electrons. The molecule has 5 nitrogen and oxygen atoms in total. The van der Waals surface area contributed by atoms with E-state index < -0.39 is 0 Å². The largest absolute Gasteiger partial charge is 0.454 e. The van der Waals surface area contributed by atoms with Crippen LogP contribution in [0.2, 0.25) is 0 Å². The van der Waals surface area contributed by atoms with Crippen LogP contribution in [-0.4, -0.2) is 42.9 Å². The number of amides is 1. The summed E-state index contributed by atoms with van der Waals surface area (Å²) in [6.07, 6.45) is 6.97. The van der Waals surface area contributed by atoms with E-state index in [0.717, 1.165) is 43.0 Å². The first-order valence-electron chi connectivity index (χ1n) is 7.83. The Morgan fingerprint density at radius 1 is 1.14 bits per heavy atom. The van der Waals surface area contributed by atoms with E-state index in [0.29, 0.717) is 0 Å². The molecule has 0 bridgehead atoms. The second-order valence-electron chi connectivity index (χ2n) is 5.88. The van der Waals surface area contributed by atoms with Crippen molar-refractivity contribution in [1.29, 1.82) is 0 Å². The highest BCUT2D eigenvalue weighted by Gasteiger charge is 2.45. The van der Waals surface area contributed by atoms with Crippen LogP contribution in [0.15, 0.2) is 24.3 Å². The first-order valence-corrected chi connectivity index (χ1v) is 7.83. The molecule has 0 saturated carbocycles. The molecule has 1 amide bonds. The van der Waals surface area contributed by atoms with Crippen molar-refractivity contribution in [3.05, 3.63) is 29.8 Å². The van der Waals surface area contributed by atoms with Gasteiger partial charge in [-0.1, -0.05) is 18.2 Å². The van der Waals surface area contributed by atoms with Gasteiger partial charge < -0.3 is 19.1 Å². The lowest BCUT2D eigenvalue weighted by Crippen LogP contribution is -2.38. The Morgan fingerprint density at radius 3 is 2.82 bits per heavy atom.